The second-order valence-corrected chi connectivity index (χ2v) is 8.15. The zero-order valence-corrected chi connectivity index (χ0v) is 16.0. The Labute approximate surface area is 154 Å². The second-order valence-electron chi connectivity index (χ2n) is 8.15. The summed E-state index contributed by atoms with van der Waals surface area (Å²) < 4.78 is 23.9. The van der Waals surface area contributed by atoms with Crippen LogP contribution in [-0.4, -0.2) is 29.8 Å². The van der Waals surface area contributed by atoms with E-state index in [-0.39, 0.29) is 29.7 Å². The molecule has 1 saturated heterocycles. The highest BCUT2D eigenvalue weighted by Gasteiger charge is 2.41. The Kier molecular flexibility index (Phi) is 6.26. The highest BCUT2D eigenvalue weighted by molar-refractivity contribution is 5.75. The third-order valence-electron chi connectivity index (χ3n) is 4.32. The van der Waals surface area contributed by atoms with Gasteiger partial charge in [-0.15, -0.1) is 0 Å². The van der Waals surface area contributed by atoms with Gasteiger partial charge in [-0.25, -0.2) is 9.18 Å². The second kappa shape index (κ2) is 8.06. The molecule has 0 unspecified atom stereocenters. The summed E-state index contributed by atoms with van der Waals surface area (Å²) in [6.07, 6.45) is 0.0801. The highest BCUT2D eigenvalue weighted by atomic mass is 19.1. The number of nitrogens with one attached hydrogen (secondary N) is 1. The number of cyclic esters (lactones) is 1. The summed E-state index contributed by atoms with van der Waals surface area (Å²) in [4.78, 5) is 24.4. The molecule has 0 spiro atoms. The van der Waals surface area contributed by atoms with Crippen molar-refractivity contribution >= 4 is 12.1 Å². The summed E-state index contributed by atoms with van der Waals surface area (Å²) in [6, 6.07) is 5.79. The van der Waals surface area contributed by atoms with Crippen molar-refractivity contribution in [3.63, 3.8) is 0 Å². The molecule has 1 amide bonds. The molecule has 0 aromatic heterocycles. The van der Waals surface area contributed by atoms with E-state index in [9.17, 15) is 14.0 Å². The molecule has 1 aliphatic rings. The van der Waals surface area contributed by atoms with E-state index in [1.54, 1.807) is 32.9 Å². The molecule has 144 valence electrons. The molecule has 1 heterocycles. The molecule has 0 saturated carbocycles. The Morgan fingerprint density at radius 3 is 2.46 bits per heavy atom. The van der Waals surface area contributed by atoms with Gasteiger partial charge in [-0.05, 0) is 50.8 Å². The molecule has 3 atom stereocenters. The summed E-state index contributed by atoms with van der Waals surface area (Å²) in [6.45, 7) is 9.31. The number of rotatable bonds is 5. The Bertz CT molecular complexity index is 636. The Morgan fingerprint density at radius 2 is 1.92 bits per heavy atom. The number of hydrogen-bond acceptors (Lipinski definition) is 4. The fourth-order valence-electron chi connectivity index (χ4n) is 3.09. The minimum Gasteiger partial charge on any atom is -0.460 e. The summed E-state index contributed by atoms with van der Waals surface area (Å²) in [7, 11) is 0. The van der Waals surface area contributed by atoms with Crippen molar-refractivity contribution in [3.05, 3.63) is 35.6 Å². The maximum atomic E-state index is 13.0. The molecule has 1 aromatic rings. The van der Waals surface area contributed by atoms with Gasteiger partial charge < -0.3 is 14.8 Å². The van der Waals surface area contributed by atoms with Crippen LogP contribution in [0.2, 0.25) is 0 Å². The molecule has 0 bridgehead atoms. The lowest BCUT2D eigenvalue weighted by molar-refractivity contribution is -0.145. The summed E-state index contributed by atoms with van der Waals surface area (Å²) in [5.41, 5.74) is 0.290. The Morgan fingerprint density at radius 1 is 1.31 bits per heavy atom. The van der Waals surface area contributed by atoms with Gasteiger partial charge in [0.15, 0.2) is 0 Å². The van der Waals surface area contributed by atoms with Crippen LogP contribution in [-0.2, 0) is 20.7 Å². The Balaban J connectivity index is 2.00. The van der Waals surface area contributed by atoms with Gasteiger partial charge in [-0.3, -0.25) is 4.79 Å². The van der Waals surface area contributed by atoms with Crippen molar-refractivity contribution in [1.29, 1.82) is 0 Å². The molecule has 0 radical (unpaired) electrons. The molecule has 1 aliphatic heterocycles. The molecule has 1 aromatic carbocycles. The number of amides is 1. The van der Waals surface area contributed by atoms with Crippen LogP contribution in [0.1, 0.15) is 46.6 Å². The van der Waals surface area contributed by atoms with E-state index in [0.717, 1.165) is 5.56 Å². The monoisotopic (exact) mass is 365 g/mol. The lowest BCUT2D eigenvalue weighted by atomic mass is 9.90. The smallest absolute Gasteiger partial charge is 0.408 e. The highest BCUT2D eigenvalue weighted by Crippen LogP contribution is 2.29. The Hall–Kier alpha value is -2.11. The minimum atomic E-state index is -0.594. The van der Waals surface area contributed by atoms with Crippen molar-refractivity contribution in [2.24, 2.45) is 11.8 Å². The topological polar surface area (TPSA) is 64.6 Å². The van der Waals surface area contributed by atoms with Gasteiger partial charge in [0.2, 0.25) is 0 Å². The van der Waals surface area contributed by atoms with E-state index >= 15 is 0 Å². The zero-order chi connectivity index (χ0) is 19.5. The van der Waals surface area contributed by atoms with E-state index in [2.05, 4.69) is 5.32 Å². The van der Waals surface area contributed by atoms with Crippen LogP contribution in [0, 0.1) is 17.7 Å². The molecule has 2 rings (SSSR count). The van der Waals surface area contributed by atoms with E-state index < -0.39 is 17.8 Å². The molecule has 0 aliphatic carbocycles. The summed E-state index contributed by atoms with van der Waals surface area (Å²) >= 11 is 0. The summed E-state index contributed by atoms with van der Waals surface area (Å²) in [5.74, 6) is -0.810. The first-order valence-corrected chi connectivity index (χ1v) is 8.99. The number of esters is 1. The van der Waals surface area contributed by atoms with Crippen LogP contribution >= 0.6 is 0 Å². The third kappa shape index (κ3) is 5.71. The van der Waals surface area contributed by atoms with Gasteiger partial charge in [0.1, 0.15) is 17.5 Å². The molecular weight excluding hydrogens is 337 g/mol. The van der Waals surface area contributed by atoms with E-state index in [1.165, 1.54) is 12.1 Å². The van der Waals surface area contributed by atoms with Gasteiger partial charge in [0, 0.05) is 6.42 Å². The molecule has 26 heavy (non-hydrogen) atoms. The van der Waals surface area contributed by atoms with Crippen LogP contribution < -0.4 is 5.32 Å². The molecule has 5 nitrogen and oxygen atoms in total. The van der Waals surface area contributed by atoms with Crippen molar-refractivity contribution < 1.29 is 23.5 Å². The minimum absolute atomic E-state index is 0.0740. The third-order valence-corrected chi connectivity index (χ3v) is 4.32. The number of halogens is 1. The molecule has 1 N–H and O–H groups in total. The number of carbonyl (C=O) groups excluding carboxylic acids is 2. The van der Waals surface area contributed by atoms with Crippen LogP contribution in [0.5, 0.6) is 0 Å². The maximum Gasteiger partial charge on any atom is 0.408 e. The van der Waals surface area contributed by atoms with E-state index in [0.29, 0.717) is 12.8 Å². The quantitative estimate of drug-likeness (QED) is 0.805. The van der Waals surface area contributed by atoms with E-state index in [4.69, 9.17) is 9.47 Å². The van der Waals surface area contributed by atoms with Crippen LogP contribution in [0.25, 0.3) is 0 Å². The lowest BCUT2D eigenvalue weighted by Gasteiger charge is -2.28. The predicted octanol–water partition coefficient (Wildman–Crippen LogP) is 3.85. The summed E-state index contributed by atoms with van der Waals surface area (Å²) in [5, 5.41) is 2.84. The molecular formula is C20H28FNO4. The van der Waals surface area contributed by atoms with Crippen LogP contribution in [0.15, 0.2) is 24.3 Å². The first-order valence-electron chi connectivity index (χ1n) is 8.99. The van der Waals surface area contributed by atoms with Gasteiger partial charge >= 0.3 is 12.1 Å². The fourth-order valence-corrected chi connectivity index (χ4v) is 3.09. The average Bonchev–Trinajstić information content (AvgIpc) is 2.86. The van der Waals surface area contributed by atoms with Crippen LogP contribution in [0.4, 0.5) is 9.18 Å². The number of ether oxygens (including phenoxy) is 2. The standard InChI is InChI=1S/C20H28FNO4/c1-12(2)17(22-19(24)26-20(3,4)5)16-11-14(18(23)25-16)10-13-6-8-15(21)9-7-13/h6-9,12,14,16-17H,10-11H2,1-5H3,(H,22,24)/t14-,16+,17+/m1/s1. The van der Waals surface area contributed by atoms with E-state index in [1.807, 2.05) is 13.8 Å². The van der Waals surface area contributed by atoms with Gasteiger partial charge in [-0.1, -0.05) is 26.0 Å². The van der Waals surface area contributed by atoms with Gasteiger partial charge in [-0.2, -0.15) is 0 Å². The normalized spacial score (nSPS) is 21.4. The SMILES string of the molecule is CC(C)[C@H](NC(=O)OC(C)(C)C)[C@@H]1C[C@@H](Cc2ccc(F)cc2)C(=O)O1. The largest absolute Gasteiger partial charge is 0.460 e. The van der Waals surface area contributed by atoms with Gasteiger partial charge in [0.05, 0.1) is 12.0 Å². The first-order chi connectivity index (χ1) is 12.0. The number of benzene rings is 1. The lowest BCUT2D eigenvalue weighted by Crippen LogP contribution is -2.48. The number of carbonyl (C=O) groups is 2. The fraction of sp³-hybridized carbons (Fsp3) is 0.600. The molecule has 6 heteroatoms. The predicted molar refractivity (Wildman–Crippen MR) is 96.1 cm³/mol. The number of hydrogen-bond donors (Lipinski definition) is 1. The van der Waals surface area contributed by atoms with Crippen molar-refractivity contribution in [2.75, 3.05) is 0 Å². The van der Waals surface area contributed by atoms with Crippen molar-refractivity contribution in [1.82, 2.24) is 5.32 Å². The molecule has 1 fully saturated rings. The van der Waals surface area contributed by atoms with Crippen LogP contribution in [0.3, 0.4) is 0 Å². The maximum absolute atomic E-state index is 13.0. The number of alkyl carbamates (subject to hydrolysis) is 1. The first kappa shape index (κ1) is 20.2. The zero-order valence-electron chi connectivity index (χ0n) is 16.0. The van der Waals surface area contributed by atoms with Gasteiger partial charge in [0.25, 0.3) is 0 Å². The van der Waals surface area contributed by atoms with Crippen molar-refractivity contribution in [3.8, 4) is 0 Å². The van der Waals surface area contributed by atoms with Crippen molar-refractivity contribution in [2.45, 2.75) is 65.2 Å². The average molecular weight is 365 g/mol.